The molecule has 3 heterocycles. The number of rotatable bonds is 6. The first-order valence-corrected chi connectivity index (χ1v) is 11.2. The molecule has 0 fully saturated rings. The van der Waals surface area contributed by atoms with E-state index in [0.29, 0.717) is 22.3 Å². The Balaban J connectivity index is 1.69. The van der Waals surface area contributed by atoms with Gasteiger partial charge in [-0.3, -0.25) is 4.72 Å². The van der Waals surface area contributed by atoms with E-state index in [1.807, 2.05) is 4.72 Å². The normalized spacial score (nSPS) is 11.5. The molecule has 32 heavy (non-hydrogen) atoms. The molecule has 0 unspecified atom stereocenters. The molecule has 164 valence electrons. The highest BCUT2D eigenvalue weighted by Gasteiger charge is 2.18. The summed E-state index contributed by atoms with van der Waals surface area (Å²) in [7, 11) is -3.71. The van der Waals surface area contributed by atoms with Crippen molar-refractivity contribution in [2.45, 2.75) is 13.3 Å². The monoisotopic (exact) mass is 456 g/mol. The summed E-state index contributed by atoms with van der Waals surface area (Å²) in [5, 5.41) is 0.643. The van der Waals surface area contributed by atoms with Crippen LogP contribution in [-0.4, -0.2) is 29.6 Å². The Labute approximate surface area is 182 Å². The maximum Gasteiger partial charge on any atom is 0.340 e. The molecule has 0 aliphatic heterocycles. The van der Waals surface area contributed by atoms with E-state index in [4.69, 9.17) is 9.15 Å². The van der Waals surface area contributed by atoms with Gasteiger partial charge in [0.1, 0.15) is 11.3 Å². The standard InChI is InChI=1S/C21H17FN4O5S/c1-12-15-5-4-14(30-21-24-7-3-8-25-21)11-17(15)31-20(27)16(12)10-13-6-9-23-19(18(13)22)26-32(2,28)29/h3-9,11H,10H2,1-2H3,(H,23,26). The van der Waals surface area contributed by atoms with Crippen molar-refractivity contribution in [3.63, 3.8) is 0 Å². The summed E-state index contributed by atoms with van der Waals surface area (Å²) >= 11 is 0. The summed E-state index contributed by atoms with van der Waals surface area (Å²) in [5.41, 5.74) is 0.596. The minimum atomic E-state index is -3.71. The summed E-state index contributed by atoms with van der Waals surface area (Å²) < 4.78 is 50.6. The third kappa shape index (κ3) is 4.57. The maximum absolute atomic E-state index is 14.8. The Bertz CT molecular complexity index is 1470. The number of nitrogens with zero attached hydrogens (tertiary/aromatic N) is 3. The zero-order valence-electron chi connectivity index (χ0n) is 17.0. The number of hydrogen-bond donors (Lipinski definition) is 1. The molecule has 0 saturated carbocycles. The zero-order chi connectivity index (χ0) is 22.9. The van der Waals surface area contributed by atoms with E-state index in [0.717, 1.165) is 6.26 Å². The highest BCUT2D eigenvalue weighted by atomic mass is 32.2. The van der Waals surface area contributed by atoms with Crippen molar-refractivity contribution in [1.82, 2.24) is 15.0 Å². The lowest BCUT2D eigenvalue weighted by Gasteiger charge is -2.11. The van der Waals surface area contributed by atoms with Crippen LogP contribution in [0.15, 0.2) is 58.1 Å². The lowest BCUT2D eigenvalue weighted by Crippen LogP contribution is -2.15. The number of nitrogens with one attached hydrogen (secondary N) is 1. The molecular formula is C21H17FN4O5S. The Hall–Kier alpha value is -3.86. The molecule has 0 atom stereocenters. The van der Waals surface area contributed by atoms with Crippen molar-refractivity contribution in [3.05, 3.63) is 81.9 Å². The number of fused-ring (bicyclic) bond motifs is 1. The number of sulfonamides is 1. The summed E-state index contributed by atoms with van der Waals surface area (Å²) in [4.78, 5) is 24.3. The van der Waals surface area contributed by atoms with Gasteiger partial charge in [-0.05, 0) is 42.3 Å². The highest BCUT2D eigenvalue weighted by Crippen LogP contribution is 2.27. The van der Waals surface area contributed by atoms with Crippen LogP contribution in [0.25, 0.3) is 11.0 Å². The third-order valence-corrected chi connectivity index (χ3v) is 5.19. The molecule has 1 aromatic carbocycles. The molecule has 0 aliphatic rings. The molecule has 0 spiro atoms. The molecule has 0 aliphatic carbocycles. The average Bonchev–Trinajstić information content (AvgIpc) is 2.73. The van der Waals surface area contributed by atoms with Crippen LogP contribution < -0.4 is 15.1 Å². The van der Waals surface area contributed by atoms with Gasteiger partial charge < -0.3 is 9.15 Å². The van der Waals surface area contributed by atoms with E-state index < -0.39 is 27.3 Å². The van der Waals surface area contributed by atoms with E-state index in [-0.39, 0.29) is 23.6 Å². The van der Waals surface area contributed by atoms with Crippen molar-refractivity contribution >= 4 is 26.8 Å². The topological polar surface area (TPSA) is 124 Å². The number of aromatic nitrogens is 3. The van der Waals surface area contributed by atoms with E-state index in [9.17, 15) is 17.6 Å². The van der Waals surface area contributed by atoms with E-state index in [2.05, 4.69) is 15.0 Å². The SMILES string of the molecule is Cc1c(Cc2ccnc(NS(C)(=O)=O)c2F)c(=O)oc2cc(Oc3ncccn3)ccc12. The first-order chi connectivity index (χ1) is 15.2. The van der Waals surface area contributed by atoms with Gasteiger partial charge in [0.2, 0.25) is 10.0 Å². The van der Waals surface area contributed by atoms with Crippen molar-refractivity contribution < 1.29 is 22.0 Å². The summed E-state index contributed by atoms with van der Waals surface area (Å²) in [6.07, 6.45) is 5.13. The second-order valence-electron chi connectivity index (χ2n) is 6.97. The van der Waals surface area contributed by atoms with Crippen LogP contribution in [0.4, 0.5) is 10.2 Å². The van der Waals surface area contributed by atoms with Gasteiger partial charge in [0.25, 0.3) is 0 Å². The minimum Gasteiger partial charge on any atom is -0.424 e. The van der Waals surface area contributed by atoms with Crippen LogP contribution in [0.3, 0.4) is 0 Å². The van der Waals surface area contributed by atoms with Crippen LogP contribution in [0.1, 0.15) is 16.7 Å². The second kappa shape index (κ2) is 8.35. The van der Waals surface area contributed by atoms with Crippen molar-refractivity contribution in [3.8, 4) is 11.8 Å². The summed E-state index contributed by atoms with van der Waals surface area (Å²) in [6, 6.07) is 8.12. The predicted molar refractivity (Wildman–Crippen MR) is 115 cm³/mol. The quantitative estimate of drug-likeness (QED) is 0.439. The maximum atomic E-state index is 14.8. The molecule has 0 amide bonds. The Kier molecular flexibility index (Phi) is 5.57. The summed E-state index contributed by atoms with van der Waals surface area (Å²) in [5.74, 6) is -0.906. The lowest BCUT2D eigenvalue weighted by atomic mass is 10.00. The largest absolute Gasteiger partial charge is 0.424 e. The number of ether oxygens (including phenoxy) is 1. The summed E-state index contributed by atoms with van der Waals surface area (Å²) in [6.45, 7) is 1.73. The van der Waals surface area contributed by atoms with Crippen LogP contribution >= 0.6 is 0 Å². The smallest absolute Gasteiger partial charge is 0.340 e. The molecular weight excluding hydrogens is 439 g/mol. The van der Waals surface area contributed by atoms with Crippen LogP contribution in [0, 0.1) is 12.7 Å². The number of halogens is 1. The Morgan fingerprint density at radius 1 is 1.12 bits per heavy atom. The molecule has 4 rings (SSSR count). The number of aryl methyl sites for hydroxylation is 1. The fourth-order valence-electron chi connectivity index (χ4n) is 3.14. The van der Waals surface area contributed by atoms with E-state index >= 15 is 0 Å². The fourth-order valence-corrected chi connectivity index (χ4v) is 3.64. The van der Waals surface area contributed by atoms with Gasteiger partial charge in [-0.2, -0.15) is 0 Å². The van der Waals surface area contributed by atoms with Crippen LogP contribution in [0.2, 0.25) is 0 Å². The number of benzene rings is 1. The number of anilines is 1. The molecule has 1 N–H and O–H groups in total. The Morgan fingerprint density at radius 3 is 2.59 bits per heavy atom. The minimum absolute atomic E-state index is 0.0991. The van der Waals surface area contributed by atoms with Gasteiger partial charge in [-0.25, -0.2) is 32.6 Å². The number of pyridine rings is 1. The molecule has 0 saturated heterocycles. The van der Waals surface area contributed by atoms with Crippen molar-refractivity contribution in [1.29, 1.82) is 0 Å². The molecule has 9 nitrogen and oxygen atoms in total. The average molecular weight is 456 g/mol. The van der Waals surface area contributed by atoms with Gasteiger partial charge >= 0.3 is 11.6 Å². The zero-order valence-corrected chi connectivity index (χ0v) is 17.8. The Morgan fingerprint density at radius 2 is 1.88 bits per heavy atom. The first kappa shape index (κ1) is 21.4. The van der Waals surface area contributed by atoms with Gasteiger partial charge in [0.05, 0.1) is 6.26 Å². The highest BCUT2D eigenvalue weighted by molar-refractivity contribution is 7.92. The van der Waals surface area contributed by atoms with Crippen LogP contribution in [-0.2, 0) is 16.4 Å². The van der Waals surface area contributed by atoms with E-state index in [1.165, 1.54) is 24.7 Å². The molecule has 0 bridgehead atoms. The van der Waals surface area contributed by atoms with Gasteiger partial charge in [-0.1, -0.05) is 0 Å². The molecule has 11 heteroatoms. The van der Waals surface area contributed by atoms with Crippen molar-refractivity contribution in [2.75, 3.05) is 11.0 Å². The van der Waals surface area contributed by atoms with Crippen molar-refractivity contribution in [2.24, 2.45) is 0 Å². The first-order valence-electron chi connectivity index (χ1n) is 9.33. The van der Waals surface area contributed by atoms with Gasteiger partial charge in [0, 0.05) is 42.0 Å². The van der Waals surface area contributed by atoms with E-state index in [1.54, 1.807) is 31.2 Å². The predicted octanol–water partition coefficient (Wildman–Crippen LogP) is 3.18. The van der Waals surface area contributed by atoms with Crippen LogP contribution in [0.5, 0.6) is 11.8 Å². The lowest BCUT2D eigenvalue weighted by molar-refractivity contribution is 0.440. The number of hydrogen-bond acceptors (Lipinski definition) is 8. The van der Waals surface area contributed by atoms with Gasteiger partial charge in [0.15, 0.2) is 11.6 Å². The molecule has 4 aromatic rings. The molecule has 0 radical (unpaired) electrons. The molecule has 3 aromatic heterocycles. The van der Waals surface area contributed by atoms with Gasteiger partial charge in [-0.15, -0.1) is 0 Å². The third-order valence-electron chi connectivity index (χ3n) is 4.63. The fraction of sp³-hybridized carbons (Fsp3) is 0.143. The second-order valence-corrected chi connectivity index (χ2v) is 8.72.